The minimum atomic E-state index is 1.10. The van der Waals surface area contributed by atoms with E-state index in [2.05, 4.69) is 229 Å². The van der Waals surface area contributed by atoms with Crippen LogP contribution in [0.3, 0.4) is 0 Å². The summed E-state index contributed by atoms with van der Waals surface area (Å²) in [5.41, 5.74) is 13.0. The minimum Gasteiger partial charge on any atom is -0.310 e. The second-order valence-corrected chi connectivity index (χ2v) is 15.9. The highest BCUT2D eigenvalue weighted by atomic mass is 32.1. The summed E-state index contributed by atoms with van der Waals surface area (Å²) < 4.78 is 2.56. The van der Waals surface area contributed by atoms with Crippen LogP contribution in [-0.2, 0) is 0 Å². The normalized spacial score (nSPS) is 11.4. The van der Waals surface area contributed by atoms with Crippen LogP contribution in [0, 0.1) is 0 Å². The molecule has 0 saturated carbocycles. The van der Waals surface area contributed by atoms with E-state index in [9.17, 15) is 0 Å². The van der Waals surface area contributed by atoms with Crippen LogP contribution < -0.4 is 4.90 Å². The lowest BCUT2D eigenvalue weighted by molar-refractivity contribution is 1.31. The third-order valence-corrected chi connectivity index (χ3v) is 12.5. The van der Waals surface area contributed by atoms with Crippen LogP contribution in [0.2, 0.25) is 0 Å². The van der Waals surface area contributed by atoms with E-state index in [-0.39, 0.29) is 0 Å². The number of hydrogen-bond donors (Lipinski definition) is 0. The van der Waals surface area contributed by atoms with Gasteiger partial charge in [0.05, 0.1) is 5.69 Å². The number of benzene rings is 10. The van der Waals surface area contributed by atoms with Gasteiger partial charge in [0.1, 0.15) is 0 Å². The van der Waals surface area contributed by atoms with Crippen molar-refractivity contribution in [2.75, 3.05) is 4.90 Å². The molecule has 2 heteroatoms. The number of anilines is 3. The van der Waals surface area contributed by atoms with Crippen LogP contribution in [0.1, 0.15) is 0 Å². The highest BCUT2D eigenvalue weighted by Gasteiger charge is 2.23. The summed E-state index contributed by atoms with van der Waals surface area (Å²) in [6.07, 6.45) is 0. The number of rotatable bonds is 7. The molecule has 0 N–H and O–H groups in total. The molecule has 11 rings (SSSR count). The van der Waals surface area contributed by atoms with Crippen LogP contribution in [0.4, 0.5) is 17.1 Å². The molecule has 272 valence electrons. The first-order valence-electron chi connectivity index (χ1n) is 19.8. The molecule has 0 fully saturated rings. The van der Waals surface area contributed by atoms with Crippen molar-refractivity contribution < 1.29 is 0 Å². The Hall–Kier alpha value is -7.26. The Balaban J connectivity index is 1.27. The molecule has 1 aromatic heterocycles. The molecule has 1 nitrogen and oxygen atoms in total. The van der Waals surface area contributed by atoms with Gasteiger partial charge in [-0.25, -0.2) is 0 Å². The monoisotopic (exact) mass is 755 g/mol. The molecule has 0 atom stereocenters. The summed E-state index contributed by atoms with van der Waals surface area (Å²) in [5, 5.41) is 7.49. The van der Waals surface area contributed by atoms with Gasteiger partial charge in [-0.3, -0.25) is 0 Å². The second kappa shape index (κ2) is 14.4. The van der Waals surface area contributed by atoms with Gasteiger partial charge < -0.3 is 4.90 Å². The Labute approximate surface area is 342 Å². The van der Waals surface area contributed by atoms with Gasteiger partial charge in [-0.2, -0.15) is 0 Å². The van der Waals surface area contributed by atoms with Gasteiger partial charge in [0, 0.05) is 31.5 Å². The number of hydrogen-bond acceptors (Lipinski definition) is 2. The molecule has 10 aromatic carbocycles. The van der Waals surface area contributed by atoms with Crippen molar-refractivity contribution in [1.82, 2.24) is 0 Å². The average Bonchev–Trinajstić information content (AvgIpc) is 3.69. The third kappa shape index (κ3) is 5.86. The fraction of sp³-hybridized carbons (Fsp3) is 0. The molecule has 0 radical (unpaired) electrons. The second-order valence-electron chi connectivity index (χ2n) is 14.8. The van der Waals surface area contributed by atoms with E-state index in [1.165, 1.54) is 86.2 Å². The number of fused-ring (bicyclic) bond motifs is 6. The van der Waals surface area contributed by atoms with Crippen LogP contribution in [0.25, 0.3) is 86.2 Å². The molecule has 0 aliphatic carbocycles. The first-order chi connectivity index (χ1) is 28.8. The van der Waals surface area contributed by atoms with E-state index in [0.29, 0.717) is 0 Å². The molecule has 1 heterocycles. The molecular weight excluding hydrogens is 719 g/mol. The maximum absolute atomic E-state index is 2.51. The van der Waals surface area contributed by atoms with Crippen LogP contribution in [0.5, 0.6) is 0 Å². The SMILES string of the molecule is c1ccc(-c2cc(-c3ccccc3)cc(N(c3ccc4c(c3)c(-c3ccccc3)c(-c3ccccc3)c3ccccc34)c3cccc4sc5ccccc5c34)c2)cc1. The van der Waals surface area contributed by atoms with Crippen LogP contribution in [-0.4, -0.2) is 0 Å². The maximum Gasteiger partial charge on any atom is 0.0554 e. The molecule has 0 aliphatic rings. The zero-order valence-corrected chi connectivity index (χ0v) is 32.5. The maximum atomic E-state index is 2.51. The van der Waals surface area contributed by atoms with Crippen molar-refractivity contribution >= 4 is 70.1 Å². The van der Waals surface area contributed by atoms with Crippen molar-refractivity contribution in [3.63, 3.8) is 0 Å². The van der Waals surface area contributed by atoms with E-state index in [1.54, 1.807) is 0 Å². The Morgan fingerprint density at radius 2 is 0.759 bits per heavy atom. The highest BCUT2D eigenvalue weighted by molar-refractivity contribution is 7.26. The van der Waals surface area contributed by atoms with E-state index in [1.807, 2.05) is 11.3 Å². The van der Waals surface area contributed by atoms with Crippen LogP contribution >= 0.6 is 11.3 Å². The summed E-state index contributed by atoms with van der Waals surface area (Å²) in [6.45, 7) is 0. The largest absolute Gasteiger partial charge is 0.310 e. The van der Waals surface area contributed by atoms with Gasteiger partial charge in [-0.15, -0.1) is 11.3 Å². The summed E-state index contributed by atoms with van der Waals surface area (Å²) >= 11 is 1.86. The average molecular weight is 756 g/mol. The van der Waals surface area contributed by atoms with Crippen molar-refractivity contribution in [2.24, 2.45) is 0 Å². The fourth-order valence-electron chi connectivity index (χ4n) is 8.83. The molecule has 0 bridgehead atoms. The standard InChI is InChI=1S/C56H37NS/c1-5-18-38(19-6-1)42-34-43(39-20-7-2-8-21-39)36-45(35-42)57(51-29-17-31-53-56(51)49-28-15-16-30-52(49)58-53)44-32-33-47-46-26-13-14-27-48(46)54(40-22-9-3-10-23-40)55(50(47)37-44)41-24-11-4-12-25-41/h1-37H. The van der Waals surface area contributed by atoms with Gasteiger partial charge in [0.2, 0.25) is 0 Å². The van der Waals surface area contributed by atoms with E-state index < -0.39 is 0 Å². The first-order valence-corrected chi connectivity index (χ1v) is 20.7. The molecule has 0 aliphatic heterocycles. The molecule has 0 spiro atoms. The van der Waals surface area contributed by atoms with Gasteiger partial charge >= 0.3 is 0 Å². The Morgan fingerprint density at radius 1 is 0.276 bits per heavy atom. The van der Waals surface area contributed by atoms with Gasteiger partial charge in [-0.05, 0) is 115 Å². The predicted octanol–water partition coefficient (Wildman–Crippen LogP) is 16.5. The van der Waals surface area contributed by atoms with Gasteiger partial charge in [0.15, 0.2) is 0 Å². The fourth-order valence-corrected chi connectivity index (χ4v) is 9.96. The zero-order chi connectivity index (χ0) is 38.4. The summed E-state index contributed by atoms with van der Waals surface area (Å²) in [5.74, 6) is 0. The Morgan fingerprint density at radius 3 is 1.38 bits per heavy atom. The van der Waals surface area contributed by atoms with Crippen molar-refractivity contribution in [2.45, 2.75) is 0 Å². The van der Waals surface area contributed by atoms with Gasteiger partial charge in [0.25, 0.3) is 0 Å². The van der Waals surface area contributed by atoms with Gasteiger partial charge in [-0.1, -0.05) is 176 Å². The summed E-state index contributed by atoms with van der Waals surface area (Å²) in [4.78, 5) is 2.51. The summed E-state index contributed by atoms with van der Waals surface area (Å²) in [7, 11) is 0. The quantitative estimate of drug-likeness (QED) is 0.146. The third-order valence-electron chi connectivity index (χ3n) is 11.4. The number of nitrogens with zero attached hydrogens (tertiary/aromatic N) is 1. The molecule has 58 heavy (non-hydrogen) atoms. The zero-order valence-electron chi connectivity index (χ0n) is 31.7. The predicted molar refractivity (Wildman–Crippen MR) is 251 cm³/mol. The van der Waals surface area contributed by atoms with Crippen molar-refractivity contribution in [3.05, 3.63) is 224 Å². The molecule has 11 aromatic rings. The van der Waals surface area contributed by atoms with Crippen molar-refractivity contribution in [1.29, 1.82) is 0 Å². The van der Waals surface area contributed by atoms with Crippen molar-refractivity contribution in [3.8, 4) is 44.5 Å². The first kappa shape index (κ1) is 34.0. The lowest BCUT2D eigenvalue weighted by atomic mass is 9.85. The highest BCUT2D eigenvalue weighted by Crippen LogP contribution is 2.50. The summed E-state index contributed by atoms with van der Waals surface area (Å²) in [6, 6.07) is 82.1. The molecule has 0 amide bonds. The minimum absolute atomic E-state index is 1.10. The lowest BCUT2D eigenvalue weighted by Gasteiger charge is -2.29. The number of thiophene rings is 1. The Bertz CT molecular complexity index is 3200. The molecular formula is C56H37NS. The van der Waals surface area contributed by atoms with Crippen LogP contribution in [0.15, 0.2) is 224 Å². The van der Waals surface area contributed by atoms with E-state index in [0.717, 1.165) is 17.1 Å². The Kier molecular flexibility index (Phi) is 8.42. The van der Waals surface area contributed by atoms with E-state index in [4.69, 9.17) is 0 Å². The topological polar surface area (TPSA) is 3.24 Å². The van der Waals surface area contributed by atoms with E-state index >= 15 is 0 Å². The lowest BCUT2D eigenvalue weighted by Crippen LogP contribution is -2.11. The molecule has 0 saturated heterocycles. The smallest absolute Gasteiger partial charge is 0.0554 e. The molecule has 0 unspecified atom stereocenters.